The molecule has 4 aromatic rings. The van der Waals surface area contributed by atoms with Gasteiger partial charge in [-0.25, -0.2) is 4.98 Å². The van der Waals surface area contributed by atoms with Gasteiger partial charge in [-0.3, -0.25) is 4.79 Å². The molecule has 0 saturated carbocycles. The number of rotatable bonds is 6. The minimum absolute atomic E-state index is 0.138. The van der Waals surface area contributed by atoms with Gasteiger partial charge in [-0.1, -0.05) is 46.9 Å². The smallest absolute Gasteiger partial charge is 0.236 e. The fourth-order valence-electron chi connectivity index (χ4n) is 2.85. The van der Waals surface area contributed by atoms with Gasteiger partial charge in [0.05, 0.1) is 23.1 Å². The average Bonchev–Trinajstić information content (AvgIpc) is 3.28. The van der Waals surface area contributed by atoms with Crippen LogP contribution in [0, 0.1) is 6.92 Å². The van der Waals surface area contributed by atoms with Crippen molar-refractivity contribution in [2.45, 2.75) is 12.1 Å². The molecule has 0 atom stereocenters. The second-order valence-electron chi connectivity index (χ2n) is 6.42. The highest BCUT2D eigenvalue weighted by Crippen LogP contribution is 2.29. The molecule has 7 nitrogen and oxygen atoms in total. The summed E-state index contributed by atoms with van der Waals surface area (Å²) in [5, 5.41) is 12.6. The van der Waals surface area contributed by atoms with Crippen molar-refractivity contribution < 1.29 is 9.53 Å². The zero-order chi connectivity index (χ0) is 20.4. The third-order valence-electron chi connectivity index (χ3n) is 4.29. The molecule has 0 spiro atoms. The Morgan fingerprint density at radius 2 is 2.10 bits per heavy atom. The molecule has 2 aromatic heterocycles. The summed E-state index contributed by atoms with van der Waals surface area (Å²) in [5.74, 6) is 1.62. The van der Waals surface area contributed by atoms with Crippen LogP contribution in [-0.4, -0.2) is 38.5 Å². The van der Waals surface area contributed by atoms with Crippen LogP contribution in [-0.2, 0) is 11.8 Å². The summed E-state index contributed by atoms with van der Waals surface area (Å²) < 4.78 is 8.09. The summed E-state index contributed by atoms with van der Waals surface area (Å²) in [5.41, 5.74) is 2.99. The summed E-state index contributed by atoms with van der Waals surface area (Å²) in [6.07, 6.45) is 0. The molecule has 0 aliphatic heterocycles. The zero-order valence-electron chi connectivity index (χ0n) is 16.2. The van der Waals surface area contributed by atoms with E-state index in [1.165, 1.54) is 23.1 Å². The number of nitrogens with one attached hydrogen (secondary N) is 1. The maximum absolute atomic E-state index is 12.4. The minimum Gasteiger partial charge on any atom is -0.497 e. The number of thioether (sulfide) groups is 1. The lowest BCUT2D eigenvalue weighted by molar-refractivity contribution is -0.113. The Balaban J connectivity index is 1.41. The minimum atomic E-state index is -0.138. The number of anilines is 1. The normalized spacial score (nSPS) is 11.0. The van der Waals surface area contributed by atoms with Crippen molar-refractivity contribution in [3.8, 4) is 17.1 Å². The SMILES string of the molecule is COc1ccc2nc(NC(=O)CSc3nnc(-c4cccc(C)c4)n3C)sc2c1. The van der Waals surface area contributed by atoms with Gasteiger partial charge in [0.25, 0.3) is 0 Å². The fourth-order valence-corrected chi connectivity index (χ4v) is 4.47. The van der Waals surface area contributed by atoms with Gasteiger partial charge in [0.15, 0.2) is 16.1 Å². The van der Waals surface area contributed by atoms with E-state index in [0.29, 0.717) is 10.3 Å². The van der Waals surface area contributed by atoms with Crippen LogP contribution in [0.15, 0.2) is 47.6 Å². The third-order valence-corrected chi connectivity index (χ3v) is 6.24. The number of carbonyl (C=O) groups is 1. The number of nitrogens with zero attached hydrogens (tertiary/aromatic N) is 4. The molecule has 4 rings (SSSR count). The Hall–Kier alpha value is -2.91. The van der Waals surface area contributed by atoms with Gasteiger partial charge in [0.1, 0.15) is 5.75 Å². The van der Waals surface area contributed by atoms with Crippen LogP contribution in [0.1, 0.15) is 5.56 Å². The van der Waals surface area contributed by atoms with Crippen LogP contribution >= 0.6 is 23.1 Å². The predicted molar refractivity (Wildman–Crippen MR) is 117 cm³/mol. The average molecular weight is 426 g/mol. The van der Waals surface area contributed by atoms with E-state index in [2.05, 4.69) is 26.6 Å². The lowest BCUT2D eigenvalue weighted by atomic mass is 10.1. The largest absolute Gasteiger partial charge is 0.497 e. The first-order chi connectivity index (χ1) is 14.0. The second kappa shape index (κ2) is 8.22. The molecule has 2 aromatic carbocycles. The number of aryl methyl sites for hydroxylation is 1. The van der Waals surface area contributed by atoms with E-state index in [0.717, 1.165) is 32.9 Å². The standard InChI is InChI=1S/C20H19N5O2S2/c1-12-5-4-6-13(9-12)18-23-24-20(25(18)2)28-11-17(26)22-19-21-15-8-7-14(27-3)10-16(15)29-19/h4-10H,11H2,1-3H3,(H,21,22,26). The molecule has 9 heteroatoms. The maximum atomic E-state index is 12.4. The number of hydrogen-bond acceptors (Lipinski definition) is 7. The quantitative estimate of drug-likeness (QED) is 0.468. The lowest BCUT2D eigenvalue weighted by Crippen LogP contribution is -2.14. The van der Waals surface area contributed by atoms with E-state index >= 15 is 0 Å². The van der Waals surface area contributed by atoms with Gasteiger partial charge < -0.3 is 14.6 Å². The van der Waals surface area contributed by atoms with Crippen molar-refractivity contribution in [3.63, 3.8) is 0 Å². The Morgan fingerprint density at radius 3 is 2.90 bits per heavy atom. The number of carbonyl (C=O) groups excluding carboxylic acids is 1. The summed E-state index contributed by atoms with van der Waals surface area (Å²) in [4.78, 5) is 16.8. The summed E-state index contributed by atoms with van der Waals surface area (Å²) in [7, 11) is 3.53. The molecule has 0 radical (unpaired) electrons. The molecular formula is C20H19N5O2S2. The number of amides is 1. The Morgan fingerprint density at radius 1 is 1.24 bits per heavy atom. The van der Waals surface area contributed by atoms with Crippen LogP contribution in [0.5, 0.6) is 5.75 Å². The summed E-state index contributed by atoms with van der Waals surface area (Å²) in [6, 6.07) is 13.7. The molecule has 148 valence electrons. The number of methoxy groups -OCH3 is 1. The van der Waals surface area contributed by atoms with Crippen LogP contribution in [0.2, 0.25) is 0 Å². The number of ether oxygens (including phenoxy) is 1. The summed E-state index contributed by atoms with van der Waals surface area (Å²) >= 11 is 2.76. The van der Waals surface area contributed by atoms with Crippen molar-refractivity contribution >= 4 is 44.4 Å². The lowest BCUT2D eigenvalue weighted by Gasteiger charge is -2.04. The first-order valence-electron chi connectivity index (χ1n) is 8.87. The molecule has 0 aliphatic carbocycles. The monoisotopic (exact) mass is 425 g/mol. The molecule has 0 saturated heterocycles. The van der Waals surface area contributed by atoms with E-state index < -0.39 is 0 Å². The highest BCUT2D eigenvalue weighted by atomic mass is 32.2. The molecule has 0 bridgehead atoms. The number of thiazole rings is 1. The van der Waals surface area contributed by atoms with E-state index in [-0.39, 0.29) is 11.7 Å². The van der Waals surface area contributed by atoms with Gasteiger partial charge in [0, 0.05) is 12.6 Å². The van der Waals surface area contributed by atoms with Crippen LogP contribution in [0.3, 0.4) is 0 Å². The van der Waals surface area contributed by atoms with Crippen LogP contribution in [0.25, 0.3) is 21.6 Å². The molecule has 29 heavy (non-hydrogen) atoms. The van der Waals surface area contributed by atoms with Crippen molar-refractivity contribution in [1.82, 2.24) is 19.7 Å². The fraction of sp³-hybridized carbons (Fsp3) is 0.200. The number of benzene rings is 2. The van der Waals surface area contributed by atoms with Crippen LogP contribution < -0.4 is 10.1 Å². The van der Waals surface area contributed by atoms with Crippen molar-refractivity contribution in [1.29, 1.82) is 0 Å². The Bertz CT molecular complexity index is 1180. The van der Waals surface area contributed by atoms with E-state index in [1.54, 1.807) is 7.11 Å². The highest BCUT2D eigenvalue weighted by molar-refractivity contribution is 7.99. The van der Waals surface area contributed by atoms with Gasteiger partial charge in [-0.05, 0) is 31.2 Å². The number of hydrogen-bond donors (Lipinski definition) is 1. The molecule has 2 heterocycles. The topological polar surface area (TPSA) is 81.9 Å². The van der Waals surface area contributed by atoms with Gasteiger partial charge >= 0.3 is 0 Å². The molecule has 1 amide bonds. The first kappa shape index (κ1) is 19.4. The Labute approximate surface area is 176 Å². The second-order valence-corrected chi connectivity index (χ2v) is 8.40. The van der Waals surface area contributed by atoms with E-state index in [4.69, 9.17) is 4.74 Å². The first-order valence-corrected chi connectivity index (χ1v) is 10.7. The molecule has 0 unspecified atom stereocenters. The molecule has 0 aliphatic rings. The third kappa shape index (κ3) is 4.25. The van der Waals surface area contributed by atoms with Gasteiger partial charge in [-0.2, -0.15) is 0 Å². The maximum Gasteiger partial charge on any atom is 0.236 e. The summed E-state index contributed by atoms with van der Waals surface area (Å²) in [6.45, 7) is 2.04. The zero-order valence-corrected chi connectivity index (χ0v) is 17.8. The van der Waals surface area contributed by atoms with Crippen LogP contribution in [0.4, 0.5) is 5.13 Å². The molecule has 0 fully saturated rings. The molecular weight excluding hydrogens is 406 g/mol. The number of aromatic nitrogens is 4. The van der Waals surface area contributed by atoms with Gasteiger partial charge in [-0.15, -0.1) is 10.2 Å². The van der Waals surface area contributed by atoms with Gasteiger partial charge in [0.2, 0.25) is 5.91 Å². The van der Waals surface area contributed by atoms with E-state index in [9.17, 15) is 4.79 Å². The Kier molecular flexibility index (Phi) is 5.50. The van der Waals surface area contributed by atoms with E-state index in [1.807, 2.05) is 54.9 Å². The number of fused-ring (bicyclic) bond motifs is 1. The van der Waals surface area contributed by atoms with Crippen molar-refractivity contribution in [2.75, 3.05) is 18.2 Å². The van der Waals surface area contributed by atoms with Crippen molar-refractivity contribution in [2.24, 2.45) is 7.05 Å². The molecule has 1 N–H and O–H groups in total. The highest BCUT2D eigenvalue weighted by Gasteiger charge is 2.14. The predicted octanol–water partition coefficient (Wildman–Crippen LogP) is 4.14. The van der Waals surface area contributed by atoms with Crippen molar-refractivity contribution in [3.05, 3.63) is 48.0 Å².